The van der Waals surface area contributed by atoms with Gasteiger partial charge in [0.25, 0.3) is 0 Å². The molecule has 0 atom stereocenters. The lowest BCUT2D eigenvalue weighted by molar-refractivity contribution is 0.554. The van der Waals surface area contributed by atoms with Gasteiger partial charge in [0, 0.05) is 36.4 Å². The monoisotopic (exact) mass is 363 g/mol. The van der Waals surface area contributed by atoms with E-state index in [0.29, 0.717) is 5.92 Å². The second-order valence-electron chi connectivity index (χ2n) is 5.29. The van der Waals surface area contributed by atoms with Crippen molar-refractivity contribution < 1.29 is 0 Å². The lowest BCUT2D eigenvalue weighted by Crippen LogP contribution is -2.17. The highest BCUT2D eigenvalue weighted by Gasteiger charge is 2.06. The molecule has 124 valence electrons. The summed E-state index contributed by atoms with van der Waals surface area (Å²) in [7, 11) is 0. The van der Waals surface area contributed by atoms with Crippen molar-refractivity contribution in [2.75, 3.05) is 6.54 Å². The van der Waals surface area contributed by atoms with Crippen LogP contribution in [0.2, 0.25) is 5.02 Å². The summed E-state index contributed by atoms with van der Waals surface area (Å²) in [6, 6.07) is 7.97. The van der Waals surface area contributed by atoms with Crippen LogP contribution in [0.3, 0.4) is 0 Å². The highest BCUT2D eigenvalue weighted by atomic mass is 35.5. The smallest absolute Gasteiger partial charge is 0.111 e. The van der Waals surface area contributed by atoms with Crippen LogP contribution in [-0.4, -0.2) is 16.1 Å². The Morgan fingerprint density at radius 2 is 1.86 bits per heavy atom. The Kier molecular flexibility index (Phi) is 10.5. The lowest BCUT2D eigenvalue weighted by atomic mass is 10.2. The Morgan fingerprint density at radius 1 is 1.18 bits per heavy atom. The molecule has 0 amide bonds. The topological polar surface area (TPSA) is 29.9 Å². The maximum Gasteiger partial charge on any atom is 0.111 e. The average molecular weight is 365 g/mol. The molecule has 22 heavy (non-hydrogen) atoms. The third-order valence-corrected chi connectivity index (χ3v) is 3.51. The molecule has 1 aromatic heterocycles. The number of halogens is 3. The Morgan fingerprint density at radius 3 is 2.50 bits per heavy atom. The van der Waals surface area contributed by atoms with Crippen LogP contribution >= 0.6 is 36.4 Å². The van der Waals surface area contributed by atoms with E-state index in [1.54, 1.807) is 0 Å². The van der Waals surface area contributed by atoms with Gasteiger partial charge in [-0.3, -0.25) is 0 Å². The molecule has 0 radical (unpaired) electrons. The number of hydrogen-bond acceptors (Lipinski definition) is 2. The van der Waals surface area contributed by atoms with Crippen LogP contribution < -0.4 is 5.32 Å². The van der Waals surface area contributed by atoms with Crippen LogP contribution in [0, 0.1) is 0 Å². The van der Waals surface area contributed by atoms with Crippen LogP contribution in [0.15, 0.2) is 36.7 Å². The Bertz CT molecular complexity index is 524. The minimum atomic E-state index is 0. The first-order valence-corrected chi connectivity index (χ1v) is 7.51. The van der Waals surface area contributed by atoms with Gasteiger partial charge in [-0.2, -0.15) is 0 Å². The molecule has 1 aromatic carbocycles. The number of nitrogens with one attached hydrogen (secondary N) is 1. The van der Waals surface area contributed by atoms with Gasteiger partial charge in [0.15, 0.2) is 0 Å². The van der Waals surface area contributed by atoms with E-state index in [0.717, 1.165) is 31.1 Å². The molecule has 0 aliphatic rings. The van der Waals surface area contributed by atoms with Gasteiger partial charge in [0.2, 0.25) is 0 Å². The average Bonchev–Trinajstić information content (AvgIpc) is 2.89. The van der Waals surface area contributed by atoms with Gasteiger partial charge in [-0.05, 0) is 30.7 Å². The van der Waals surface area contributed by atoms with Gasteiger partial charge >= 0.3 is 0 Å². The summed E-state index contributed by atoms with van der Waals surface area (Å²) >= 11 is 5.86. The van der Waals surface area contributed by atoms with Gasteiger partial charge in [-0.15, -0.1) is 24.8 Å². The summed E-state index contributed by atoms with van der Waals surface area (Å²) in [4.78, 5) is 4.40. The van der Waals surface area contributed by atoms with Gasteiger partial charge in [0.05, 0.1) is 0 Å². The fraction of sp³-hybridized carbons (Fsp3) is 0.438. The molecule has 0 unspecified atom stereocenters. The Hall–Kier alpha value is -0.740. The minimum Gasteiger partial charge on any atom is -0.335 e. The molecule has 1 N–H and O–H groups in total. The highest BCUT2D eigenvalue weighted by Crippen LogP contribution is 2.12. The molecule has 0 saturated heterocycles. The number of hydrogen-bond donors (Lipinski definition) is 1. The van der Waals surface area contributed by atoms with E-state index in [4.69, 9.17) is 11.6 Å². The SMILES string of the molecule is CC(C)c1nccn1CCCNCc1ccc(Cl)cc1.Cl.Cl. The maximum absolute atomic E-state index is 5.86. The lowest BCUT2D eigenvalue weighted by Gasteiger charge is -2.10. The molecular formula is C16H24Cl3N3. The third kappa shape index (κ3) is 6.57. The number of imidazole rings is 1. The minimum absolute atomic E-state index is 0. The van der Waals surface area contributed by atoms with Crippen molar-refractivity contribution in [1.29, 1.82) is 0 Å². The molecule has 0 bridgehead atoms. The Labute approximate surface area is 150 Å². The van der Waals surface area contributed by atoms with Gasteiger partial charge in [-0.25, -0.2) is 4.98 Å². The van der Waals surface area contributed by atoms with E-state index in [1.807, 2.05) is 18.3 Å². The summed E-state index contributed by atoms with van der Waals surface area (Å²) in [5.74, 6) is 1.65. The molecule has 0 saturated carbocycles. The molecule has 0 fully saturated rings. The van der Waals surface area contributed by atoms with E-state index in [1.165, 1.54) is 11.4 Å². The van der Waals surface area contributed by atoms with Crippen LogP contribution in [0.4, 0.5) is 0 Å². The molecule has 2 aromatic rings. The largest absolute Gasteiger partial charge is 0.335 e. The normalized spacial score (nSPS) is 10.2. The van der Waals surface area contributed by atoms with Gasteiger partial charge < -0.3 is 9.88 Å². The van der Waals surface area contributed by atoms with Crippen LogP contribution in [0.5, 0.6) is 0 Å². The predicted octanol–water partition coefficient (Wildman–Crippen LogP) is 4.68. The van der Waals surface area contributed by atoms with Crippen LogP contribution in [-0.2, 0) is 13.1 Å². The van der Waals surface area contributed by atoms with E-state index >= 15 is 0 Å². The molecular weight excluding hydrogens is 341 g/mol. The summed E-state index contributed by atoms with van der Waals surface area (Å²) < 4.78 is 2.24. The van der Waals surface area contributed by atoms with E-state index in [-0.39, 0.29) is 24.8 Å². The van der Waals surface area contributed by atoms with E-state index < -0.39 is 0 Å². The molecule has 0 spiro atoms. The molecule has 3 nitrogen and oxygen atoms in total. The second kappa shape index (κ2) is 10.9. The molecule has 2 rings (SSSR count). The maximum atomic E-state index is 5.86. The number of rotatable bonds is 7. The zero-order valence-electron chi connectivity index (χ0n) is 13.0. The van der Waals surface area contributed by atoms with E-state index in [9.17, 15) is 0 Å². The van der Waals surface area contributed by atoms with Crippen molar-refractivity contribution in [2.45, 2.75) is 39.3 Å². The summed E-state index contributed by atoms with van der Waals surface area (Å²) in [6.45, 7) is 7.26. The van der Waals surface area contributed by atoms with Crippen molar-refractivity contribution in [2.24, 2.45) is 0 Å². The highest BCUT2D eigenvalue weighted by molar-refractivity contribution is 6.30. The van der Waals surface area contributed by atoms with Crippen molar-refractivity contribution in [3.63, 3.8) is 0 Å². The fourth-order valence-corrected chi connectivity index (χ4v) is 2.35. The summed E-state index contributed by atoms with van der Waals surface area (Å²) in [5, 5.41) is 4.24. The third-order valence-electron chi connectivity index (χ3n) is 3.26. The standard InChI is InChI=1S/C16H22ClN3.2ClH/c1-13(2)16-19-9-11-20(16)10-3-8-18-12-14-4-6-15(17)7-5-14;;/h4-7,9,11,13,18H,3,8,10,12H2,1-2H3;2*1H. The van der Waals surface area contributed by atoms with Crippen molar-refractivity contribution in [3.05, 3.63) is 53.1 Å². The van der Waals surface area contributed by atoms with Crippen LogP contribution in [0.1, 0.15) is 37.6 Å². The number of aryl methyl sites for hydroxylation is 1. The molecule has 1 heterocycles. The first kappa shape index (κ1) is 21.3. The quantitative estimate of drug-likeness (QED) is 0.723. The second-order valence-corrected chi connectivity index (χ2v) is 5.73. The van der Waals surface area contributed by atoms with Crippen molar-refractivity contribution in [3.8, 4) is 0 Å². The first-order valence-electron chi connectivity index (χ1n) is 7.13. The van der Waals surface area contributed by atoms with E-state index in [2.05, 4.69) is 47.0 Å². The zero-order chi connectivity index (χ0) is 14.4. The first-order chi connectivity index (χ1) is 9.66. The zero-order valence-corrected chi connectivity index (χ0v) is 15.3. The fourth-order valence-electron chi connectivity index (χ4n) is 2.22. The van der Waals surface area contributed by atoms with Crippen molar-refractivity contribution >= 4 is 36.4 Å². The predicted molar refractivity (Wildman–Crippen MR) is 98.6 cm³/mol. The number of benzene rings is 1. The van der Waals surface area contributed by atoms with Crippen LogP contribution in [0.25, 0.3) is 0 Å². The number of nitrogens with zero attached hydrogens (tertiary/aromatic N) is 2. The summed E-state index contributed by atoms with van der Waals surface area (Å²) in [6.07, 6.45) is 5.05. The summed E-state index contributed by atoms with van der Waals surface area (Å²) in [5.41, 5.74) is 1.26. The van der Waals surface area contributed by atoms with Crippen molar-refractivity contribution in [1.82, 2.24) is 14.9 Å². The van der Waals surface area contributed by atoms with Gasteiger partial charge in [0.1, 0.15) is 5.82 Å². The molecule has 0 aliphatic heterocycles. The van der Waals surface area contributed by atoms with Gasteiger partial charge in [-0.1, -0.05) is 37.6 Å². The molecule has 0 aliphatic carbocycles. The molecule has 6 heteroatoms. The Balaban J connectivity index is 0.00000220. The number of aromatic nitrogens is 2.